The highest BCUT2D eigenvalue weighted by molar-refractivity contribution is 7.17. The fraction of sp³-hybridized carbons (Fsp3) is 0.471. The Morgan fingerprint density at radius 1 is 1.27 bits per heavy atom. The summed E-state index contributed by atoms with van der Waals surface area (Å²) in [4.78, 5) is 37.5. The Balaban J connectivity index is 1.90. The molecule has 2 N–H and O–H groups in total. The Bertz CT molecular complexity index is 770. The van der Waals surface area contributed by atoms with Gasteiger partial charge in [-0.3, -0.25) is 14.9 Å². The van der Waals surface area contributed by atoms with Crippen LogP contribution in [0.4, 0.5) is 9.80 Å². The van der Waals surface area contributed by atoms with Gasteiger partial charge in [0, 0.05) is 4.88 Å². The van der Waals surface area contributed by atoms with Crippen molar-refractivity contribution in [2.45, 2.75) is 26.2 Å². The number of hydrogen-bond acceptors (Lipinski definition) is 7. The summed E-state index contributed by atoms with van der Waals surface area (Å²) in [6, 6.07) is 0. The lowest BCUT2D eigenvalue weighted by molar-refractivity contribution is -0.117. The molecule has 0 spiro atoms. The largest absolute Gasteiger partial charge is 0.494 e. The smallest absolute Gasteiger partial charge is 0.413 e. The number of rotatable bonds is 3. The predicted molar refractivity (Wildman–Crippen MR) is 94.0 cm³/mol. The number of carbonyl (C=O) groups excluding carboxylic acids is 3. The number of methoxy groups -OCH3 is 1. The molecule has 3 amide bonds. The number of thiophene rings is 1. The van der Waals surface area contributed by atoms with Crippen LogP contribution >= 0.6 is 11.3 Å². The first-order valence-corrected chi connectivity index (χ1v) is 9.11. The molecule has 1 aliphatic carbocycles. The number of fused-ring (bicyclic) bond motifs is 1. The van der Waals surface area contributed by atoms with Gasteiger partial charge in [0.25, 0.3) is 11.8 Å². The second-order valence-corrected chi connectivity index (χ2v) is 7.26. The third-order valence-corrected chi connectivity index (χ3v) is 5.41. The van der Waals surface area contributed by atoms with E-state index >= 15 is 0 Å². The highest BCUT2D eigenvalue weighted by Gasteiger charge is 2.30. The van der Waals surface area contributed by atoms with Gasteiger partial charge in [-0.25, -0.2) is 4.79 Å². The van der Waals surface area contributed by atoms with E-state index in [4.69, 9.17) is 9.47 Å². The molecule has 3 rings (SSSR count). The van der Waals surface area contributed by atoms with Crippen LogP contribution in [0.5, 0.6) is 0 Å². The first kappa shape index (κ1) is 18.2. The summed E-state index contributed by atoms with van der Waals surface area (Å²) in [5, 5.41) is 5.28. The van der Waals surface area contributed by atoms with Crippen LogP contribution < -0.4 is 10.6 Å². The van der Waals surface area contributed by atoms with Crippen molar-refractivity contribution in [3.63, 3.8) is 0 Å². The number of alkyl carbamates (subject to hydrolysis) is 1. The van der Waals surface area contributed by atoms with E-state index in [2.05, 4.69) is 22.3 Å². The van der Waals surface area contributed by atoms with E-state index in [1.54, 1.807) is 0 Å². The Hall–Kier alpha value is -2.55. The second kappa shape index (κ2) is 7.77. The van der Waals surface area contributed by atoms with Crippen molar-refractivity contribution in [1.29, 1.82) is 0 Å². The molecule has 1 aromatic heterocycles. The molecule has 0 saturated heterocycles. The van der Waals surface area contributed by atoms with Gasteiger partial charge in [0.05, 0.1) is 12.7 Å². The third kappa shape index (κ3) is 3.82. The summed E-state index contributed by atoms with van der Waals surface area (Å²) in [6.07, 6.45) is 2.90. The lowest BCUT2D eigenvalue weighted by atomic mass is 9.88. The maximum atomic E-state index is 12.6. The third-order valence-electron chi connectivity index (χ3n) is 4.24. The van der Waals surface area contributed by atoms with Gasteiger partial charge in [-0.2, -0.15) is 0 Å². The molecule has 0 radical (unpaired) electrons. The number of carbonyl (C=O) groups is 3. The number of amides is 3. The van der Waals surface area contributed by atoms with Crippen molar-refractivity contribution >= 4 is 34.2 Å². The average molecular weight is 380 g/mol. The number of anilines is 1. The van der Waals surface area contributed by atoms with Crippen molar-refractivity contribution < 1.29 is 28.6 Å². The van der Waals surface area contributed by atoms with Crippen LogP contribution in [0, 0.1) is 5.92 Å². The van der Waals surface area contributed by atoms with Crippen molar-refractivity contribution in [3.8, 4) is 0 Å². The number of hydrogen-bond donors (Lipinski definition) is 2. The first-order chi connectivity index (χ1) is 12.5. The van der Waals surface area contributed by atoms with Gasteiger partial charge >= 0.3 is 6.09 Å². The molecular weight excluding hydrogens is 360 g/mol. The van der Waals surface area contributed by atoms with Crippen LogP contribution in [0.15, 0.2) is 12.0 Å². The molecule has 0 saturated carbocycles. The SMILES string of the molecule is COC(=O)NC(=O)c1c(NC(=O)C2=COCCO2)sc2c1CC[C@H](C)C2. The van der Waals surface area contributed by atoms with Crippen molar-refractivity contribution in [1.82, 2.24) is 5.32 Å². The van der Waals surface area contributed by atoms with Crippen LogP contribution in [0.1, 0.15) is 34.1 Å². The molecule has 1 aliphatic heterocycles. The zero-order valence-corrected chi connectivity index (χ0v) is 15.4. The Labute approximate surface area is 154 Å². The average Bonchev–Trinajstić information content (AvgIpc) is 2.99. The summed E-state index contributed by atoms with van der Waals surface area (Å²) in [5.41, 5.74) is 1.19. The van der Waals surface area contributed by atoms with E-state index in [0.29, 0.717) is 23.1 Å². The maximum absolute atomic E-state index is 12.6. The van der Waals surface area contributed by atoms with Gasteiger partial charge in [-0.05, 0) is 30.7 Å². The maximum Gasteiger partial charge on any atom is 0.413 e. The Kier molecular flexibility index (Phi) is 5.46. The molecule has 2 heterocycles. The van der Waals surface area contributed by atoms with Gasteiger partial charge in [0.15, 0.2) is 0 Å². The number of nitrogens with one attached hydrogen (secondary N) is 2. The molecule has 0 aromatic carbocycles. The molecule has 0 fully saturated rings. The highest BCUT2D eigenvalue weighted by Crippen LogP contribution is 2.39. The molecule has 2 aliphatic rings. The van der Waals surface area contributed by atoms with E-state index < -0.39 is 17.9 Å². The minimum atomic E-state index is -0.844. The topological polar surface area (TPSA) is 103 Å². The first-order valence-electron chi connectivity index (χ1n) is 8.29. The van der Waals surface area contributed by atoms with Crippen LogP contribution in [-0.4, -0.2) is 38.2 Å². The molecule has 140 valence electrons. The molecule has 26 heavy (non-hydrogen) atoms. The molecule has 9 heteroatoms. The lowest BCUT2D eigenvalue weighted by Gasteiger charge is -2.18. The van der Waals surface area contributed by atoms with E-state index in [1.165, 1.54) is 24.7 Å². The minimum Gasteiger partial charge on any atom is -0.494 e. The van der Waals surface area contributed by atoms with Crippen molar-refractivity contribution in [2.75, 3.05) is 25.6 Å². The molecule has 0 bridgehead atoms. The number of ether oxygens (including phenoxy) is 3. The zero-order chi connectivity index (χ0) is 18.7. The Morgan fingerprint density at radius 2 is 2.08 bits per heavy atom. The van der Waals surface area contributed by atoms with Crippen LogP contribution in [-0.2, 0) is 31.8 Å². The fourth-order valence-electron chi connectivity index (χ4n) is 2.94. The summed E-state index contributed by atoms with van der Waals surface area (Å²) in [5.74, 6) is -0.535. The van der Waals surface area contributed by atoms with Gasteiger partial charge in [-0.1, -0.05) is 6.92 Å². The monoisotopic (exact) mass is 380 g/mol. The van der Waals surface area contributed by atoms with E-state index in [-0.39, 0.29) is 12.4 Å². The molecule has 8 nitrogen and oxygen atoms in total. The number of imide groups is 1. The van der Waals surface area contributed by atoms with Gasteiger partial charge < -0.3 is 19.5 Å². The second-order valence-electron chi connectivity index (χ2n) is 6.16. The summed E-state index contributed by atoms with van der Waals surface area (Å²) >= 11 is 1.35. The van der Waals surface area contributed by atoms with Crippen molar-refractivity contribution in [3.05, 3.63) is 28.0 Å². The fourth-order valence-corrected chi connectivity index (χ4v) is 4.34. The van der Waals surface area contributed by atoms with Crippen molar-refractivity contribution in [2.24, 2.45) is 5.92 Å². The summed E-state index contributed by atoms with van der Waals surface area (Å²) in [7, 11) is 1.18. The molecule has 1 atom stereocenters. The van der Waals surface area contributed by atoms with E-state index in [1.807, 2.05) is 0 Å². The van der Waals surface area contributed by atoms with Gasteiger partial charge in [0.2, 0.25) is 5.76 Å². The quantitative estimate of drug-likeness (QED) is 0.833. The zero-order valence-electron chi connectivity index (χ0n) is 14.5. The van der Waals surface area contributed by atoms with Gasteiger partial charge in [0.1, 0.15) is 24.5 Å². The minimum absolute atomic E-state index is 0.0512. The summed E-state index contributed by atoms with van der Waals surface area (Å²) in [6.45, 7) is 2.81. The highest BCUT2D eigenvalue weighted by atomic mass is 32.1. The standard InChI is InChI=1S/C17H20N2O6S/c1-9-3-4-10-12(7-9)26-16(13(10)15(21)19-17(22)23-2)18-14(20)11-8-24-5-6-25-11/h8-9H,3-7H2,1-2H3,(H,18,20)(H,19,21,22)/t9-/m0/s1. The molecular formula is C17H20N2O6S. The summed E-state index contributed by atoms with van der Waals surface area (Å²) < 4.78 is 14.9. The predicted octanol–water partition coefficient (Wildman–Crippen LogP) is 2.20. The van der Waals surface area contributed by atoms with E-state index in [9.17, 15) is 14.4 Å². The van der Waals surface area contributed by atoms with Crippen LogP contribution in [0.25, 0.3) is 0 Å². The van der Waals surface area contributed by atoms with E-state index in [0.717, 1.165) is 29.7 Å². The Morgan fingerprint density at radius 3 is 2.77 bits per heavy atom. The van der Waals surface area contributed by atoms with Crippen LogP contribution in [0.2, 0.25) is 0 Å². The van der Waals surface area contributed by atoms with Gasteiger partial charge in [-0.15, -0.1) is 11.3 Å². The molecule has 0 unspecified atom stereocenters. The van der Waals surface area contributed by atoms with Crippen LogP contribution in [0.3, 0.4) is 0 Å². The molecule has 1 aromatic rings. The normalized spacial score (nSPS) is 18.5. The lowest BCUT2D eigenvalue weighted by Crippen LogP contribution is -2.32.